The lowest BCUT2D eigenvalue weighted by Crippen LogP contribution is -2.24. The van der Waals surface area contributed by atoms with Gasteiger partial charge in [-0.15, -0.1) is 0 Å². The number of ether oxygens (including phenoxy) is 1. The summed E-state index contributed by atoms with van der Waals surface area (Å²) >= 11 is 9.15. The maximum absolute atomic E-state index is 11.6. The first kappa shape index (κ1) is 15.5. The molecule has 0 aliphatic carbocycles. The van der Waals surface area contributed by atoms with Crippen LogP contribution in [0.25, 0.3) is 0 Å². The summed E-state index contributed by atoms with van der Waals surface area (Å²) in [5.74, 6) is 0.234. The van der Waals surface area contributed by atoms with Crippen LogP contribution in [0.2, 0.25) is 5.02 Å². The molecule has 6 heteroatoms. The second-order valence-corrected chi connectivity index (χ2v) is 5.35. The van der Waals surface area contributed by atoms with Gasteiger partial charge in [0.25, 0.3) is 5.91 Å². The van der Waals surface area contributed by atoms with Gasteiger partial charge >= 0.3 is 0 Å². The Kier molecular flexibility index (Phi) is 5.78. The first-order chi connectivity index (χ1) is 10.1. The van der Waals surface area contributed by atoms with Crippen molar-refractivity contribution >= 4 is 39.7 Å². The van der Waals surface area contributed by atoms with Crippen LogP contribution in [0, 0.1) is 0 Å². The van der Waals surface area contributed by atoms with Crippen LogP contribution in [-0.4, -0.2) is 18.7 Å². The molecule has 2 aromatic rings. The predicted octanol–water partition coefficient (Wildman–Crippen LogP) is 3.63. The number of carbonyl (C=O) groups excluding carboxylic acids is 1. The molecule has 0 atom stereocenters. The first-order valence-corrected chi connectivity index (χ1v) is 7.27. The van der Waals surface area contributed by atoms with E-state index < -0.39 is 0 Å². The van der Waals surface area contributed by atoms with Crippen molar-refractivity contribution in [1.82, 2.24) is 5.43 Å². The second kappa shape index (κ2) is 7.81. The molecule has 21 heavy (non-hydrogen) atoms. The molecule has 0 saturated carbocycles. The third-order valence-corrected chi connectivity index (χ3v) is 3.46. The van der Waals surface area contributed by atoms with E-state index in [0.717, 1.165) is 10.0 Å². The molecular formula is C15H12BrClN2O2. The highest BCUT2D eigenvalue weighted by Gasteiger charge is 2.01. The van der Waals surface area contributed by atoms with Crippen molar-refractivity contribution in [3.05, 3.63) is 63.6 Å². The van der Waals surface area contributed by atoms with Crippen molar-refractivity contribution in [2.75, 3.05) is 6.61 Å². The smallest absolute Gasteiger partial charge is 0.277 e. The van der Waals surface area contributed by atoms with E-state index in [1.54, 1.807) is 30.5 Å². The molecule has 2 rings (SSSR count). The zero-order valence-electron chi connectivity index (χ0n) is 10.9. The molecule has 0 bridgehead atoms. The van der Waals surface area contributed by atoms with Gasteiger partial charge in [-0.3, -0.25) is 4.79 Å². The van der Waals surface area contributed by atoms with Crippen LogP contribution in [0.1, 0.15) is 5.56 Å². The number of halogens is 2. The number of carbonyl (C=O) groups is 1. The zero-order chi connectivity index (χ0) is 15.1. The molecular weight excluding hydrogens is 356 g/mol. The van der Waals surface area contributed by atoms with Gasteiger partial charge in [-0.25, -0.2) is 5.43 Å². The monoisotopic (exact) mass is 366 g/mol. The highest BCUT2D eigenvalue weighted by atomic mass is 79.9. The molecule has 0 spiro atoms. The number of nitrogens with one attached hydrogen (secondary N) is 1. The Hall–Kier alpha value is -1.85. The molecule has 1 N–H and O–H groups in total. The molecule has 0 aromatic heterocycles. The van der Waals surface area contributed by atoms with E-state index >= 15 is 0 Å². The second-order valence-electron chi connectivity index (χ2n) is 4.06. The summed E-state index contributed by atoms with van der Waals surface area (Å²) in [6.45, 7) is -0.116. The lowest BCUT2D eigenvalue weighted by atomic mass is 10.2. The predicted molar refractivity (Wildman–Crippen MR) is 86.8 cm³/mol. The molecule has 4 nitrogen and oxygen atoms in total. The Morgan fingerprint density at radius 2 is 1.95 bits per heavy atom. The van der Waals surface area contributed by atoms with Gasteiger partial charge in [0.1, 0.15) is 5.75 Å². The molecule has 108 valence electrons. The van der Waals surface area contributed by atoms with Crippen LogP contribution in [0.3, 0.4) is 0 Å². The summed E-state index contributed by atoms with van der Waals surface area (Å²) in [7, 11) is 0. The van der Waals surface area contributed by atoms with Gasteiger partial charge in [0.05, 0.1) is 6.21 Å². The molecule has 0 fully saturated rings. The summed E-state index contributed by atoms with van der Waals surface area (Å²) in [6, 6.07) is 14.3. The minimum absolute atomic E-state index is 0.116. The average molecular weight is 368 g/mol. The van der Waals surface area contributed by atoms with Crippen LogP contribution >= 0.6 is 27.5 Å². The van der Waals surface area contributed by atoms with Crippen LogP contribution in [0.5, 0.6) is 5.75 Å². The van der Waals surface area contributed by atoms with Crippen molar-refractivity contribution < 1.29 is 9.53 Å². The van der Waals surface area contributed by atoms with Gasteiger partial charge < -0.3 is 4.74 Å². The van der Waals surface area contributed by atoms with Crippen molar-refractivity contribution in [3.8, 4) is 5.75 Å². The van der Waals surface area contributed by atoms with Crippen LogP contribution in [-0.2, 0) is 4.79 Å². The van der Waals surface area contributed by atoms with Crippen molar-refractivity contribution in [3.63, 3.8) is 0 Å². The summed E-state index contributed by atoms with van der Waals surface area (Å²) in [5, 5.41) is 4.49. The van der Waals surface area contributed by atoms with Gasteiger partial charge in [0.2, 0.25) is 0 Å². The van der Waals surface area contributed by atoms with E-state index in [2.05, 4.69) is 26.5 Å². The quantitative estimate of drug-likeness (QED) is 0.648. The summed E-state index contributed by atoms with van der Waals surface area (Å²) < 4.78 is 6.20. The number of hydrazone groups is 1. The Morgan fingerprint density at radius 1 is 1.24 bits per heavy atom. The van der Waals surface area contributed by atoms with Gasteiger partial charge in [0.15, 0.2) is 6.61 Å². The minimum atomic E-state index is -0.340. The normalized spacial score (nSPS) is 10.6. The standard InChI is InChI=1S/C15H12BrClN2O2/c16-14-4-2-1-3-11(14)9-18-19-15(20)10-21-13-7-5-12(17)6-8-13/h1-9H,10H2,(H,19,20)/b18-9-. The Morgan fingerprint density at radius 3 is 2.67 bits per heavy atom. The number of rotatable bonds is 5. The van der Waals surface area contributed by atoms with Crippen LogP contribution in [0.15, 0.2) is 58.1 Å². The fraction of sp³-hybridized carbons (Fsp3) is 0.0667. The van der Waals surface area contributed by atoms with E-state index in [9.17, 15) is 4.79 Å². The topological polar surface area (TPSA) is 50.7 Å². The number of hydrogen-bond acceptors (Lipinski definition) is 3. The Balaban J connectivity index is 1.80. The van der Waals surface area contributed by atoms with E-state index in [1.807, 2.05) is 24.3 Å². The lowest BCUT2D eigenvalue weighted by Gasteiger charge is -2.04. The fourth-order valence-electron chi connectivity index (χ4n) is 1.47. The highest BCUT2D eigenvalue weighted by Crippen LogP contribution is 2.15. The summed E-state index contributed by atoms with van der Waals surface area (Å²) in [6.07, 6.45) is 1.56. The molecule has 0 radical (unpaired) electrons. The van der Waals surface area contributed by atoms with Crippen molar-refractivity contribution in [1.29, 1.82) is 0 Å². The van der Waals surface area contributed by atoms with Gasteiger partial charge in [-0.2, -0.15) is 5.10 Å². The number of benzene rings is 2. The Bertz CT molecular complexity index is 644. The van der Waals surface area contributed by atoms with Gasteiger partial charge in [-0.05, 0) is 30.3 Å². The molecule has 1 amide bonds. The maximum Gasteiger partial charge on any atom is 0.277 e. The third kappa shape index (κ3) is 5.21. The molecule has 0 saturated heterocycles. The SMILES string of the molecule is O=C(COc1ccc(Cl)cc1)N/N=C\c1ccccc1Br. The van der Waals surface area contributed by atoms with Crippen molar-refractivity contribution in [2.24, 2.45) is 5.10 Å². The number of hydrogen-bond donors (Lipinski definition) is 1. The summed E-state index contributed by atoms with van der Waals surface area (Å²) in [4.78, 5) is 11.6. The van der Waals surface area contributed by atoms with Gasteiger partial charge in [0, 0.05) is 15.1 Å². The van der Waals surface area contributed by atoms with Crippen LogP contribution < -0.4 is 10.2 Å². The molecule has 0 aliphatic heterocycles. The van der Waals surface area contributed by atoms with Crippen LogP contribution in [0.4, 0.5) is 0 Å². The number of nitrogens with zero attached hydrogens (tertiary/aromatic N) is 1. The maximum atomic E-state index is 11.6. The molecule has 0 aliphatic rings. The van der Waals surface area contributed by atoms with Crippen molar-refractivity contribution in [2.45, 2.75) is 0 Å². The Labute approximate surface area is 135 Å². The fourth-order valence-corrected chi connectivity index (χ4v) is 1.98. The summed E-state index contributed by atoms with van der Waals surface area (Å²) in [5.41, 5.74) is 3.27. The lowest BCUT2D eigenvalue weighted by molar-refractivity contribution is -0.123. The van der Waals surface area contributed by atoms with E-state index in [4.69, 9.17) is 16.3 Å². The minimum Gasteiger partial charge on any atom is -0.484 e. The zero-order valence-corrected chi connectivity index (χ0v) is 13.3. The largest absolute Gasteiger partial charge is 0.484 e. The third-order valence-electron chi connectivity index (χ3n) is 2.48. The molecule has 2 aromatic carbocycles. The van der Waals surface area contributed by atoms with E-state index in [0.29, 0.717) is 10.8 Å². The van der Waals surface area contributed by atoms with E-state index in [-0.39, 0.29) is 12.5 Å². The van der Waals surface area contributed by atoms with Gasteiger partial charge in [-0.1, -0.05) is 45.7 Å². The first-order valence-electron chi connectivity index (χ1n) is 6.10. The van der Waals surface area contributed by atoms with E-state index in [1.165, 1.54) is 0 Å². The molecule has 0 heterocycles. The molecule has 0 unspecified atom stereocenters. The number of amides is 1. The average Bonchev–Trinajstić information content (AvgIpc) is 2.49. The highest BCUT2D eigenvalue weighted by molar-refractivity contribution is 9.10.